The van der Waals surface area contributed by atoms with Gasteiger partial charge >= 0.3 is 0 Å². The van der Waals surface area contributed by atoms with Gasteiger partial charge in [0.1, 0.15) is 0 Å². The maximum atomic E-state index is 11.7. The number of carbonyl (C=O) groups is 1. The van der Waals surface area contributed by atoms with Gasteiger partial charge in [-0.2, -0.15) is 5.10 Å². The number of hydrogen-bond acceptors (Lipinski definition) is 3. The average Bonchev–Trinajstić information content (AvgIpc) is 2.74. The quantitative estimate of drug-likeness (QED) is 0.802. The second-order valence-electron chi connectivity index (χ2n) is 4.19. The van der Waals surface area contributed by atoms with Crippen LogP contribution < -0.4 is 11.1 Å². The number of rotatable bonds is 4. The van der Waals surface area contributed by atoms with E-state index in [1.807, 2.05) is 31.3 Å². The number of anilines is 2. The Kier molecular flexibility index (Phi) is 3.62. The molecule has 2 rings (SSSR count). The monoisotopic (exact) mass is 244 g/mol. The lowest BCUT2D eigenvalue weighted by Crippen LogP contribution is -2.11. The summed E-state index contributed by atoms with van der Waals surface area (Å²) < 4.78 is 1.65. The number of nitrogens with two attached hydrogens (primary N) is 1. The van der Waals surface area contributed by atoms with E-state index >= 15 is 0 Å². The molecular formula is C13H16N4O. The van der Waals surface area contributed by atoms with E-state index < -0.39 is 0 Å². The lowest BCUT2D eigenvalue weighted by atomic mass is 10.1. The molecule has 0 saturated heterocycles. The van der Waals surface area contributed by atoms with Gasteiger partial charge in [0.25, 0.3) is 0 Å². The van der Waals surface area contributed by atoms with Crippen LogP contribution in [0.2, 0.25) is 0 Å². The van der Waals surface area contributed by atoms with Crippen LogP contribution in [-0.4, -0.2) is 15.7 Å². The predicted molar refractivity (Wildman–Crippen MR) is 71.0 cm³/mol. The number of nitrogen functional groups attached to an aromatic ring is 1. The van der Waals surface area contributed by atoms with E-state index in [1.165, 1.54) is 0 Å². The first kappa shape index (κ1) is 12.2. The minimum atomic E-state index is -0.0141. The first-order chi connectivity index (χ1) is 8.63. The van der Waals surface area contributed by atoms with Crippen LogP contribution in [-0.2, 0) is 18.3 Å². The van der Waals surface area contributed by atoms with Gasteiger partial charge in [0, 0.05) is 25.4 Å². The molecule has 0 aliphatic heterocycles. The summed E-state index contributed by atoms with van der Waals surface area (Å²) in [5.41, 5.74) is 8.16. The van der Waals surface area contributed by atoms with Crippen LogP contribution in [0, 0.1) is 0 Å². The summed E-state index contributed by atoms with van der Waals surface area (Å²) in [5.74, 6) is -0.0141. The highest BCUT2D eigenvalue weighted by atomic mass is 16.1. The molecule has 0 aliphatic carbocycles. The molecule has 1 heterocycles. The van der Waals surface area contributed by atoms with Gasteiger partial charge in [-0.15, -0.1) is 0 Å². The molecule has 0 aliphatic rings. The molecule has 18 heavy (non-hydrogen) atoms. The van der Waals surface area contributed by atoms with E-state index in [0.717, 1.165) is 16.9 Å². The van der Waals surface area contributed by atoms with Crippen molar-refractivity contribution in [3.05, 3.63) is 42.2 Å². The fraction of sp³-hybridized carbons (Fsp3) is 0.231. The van der Waals surface area contributed by atoms with Crippen molar-refractivity contribution in [2.45, 2.75) is 12.8 Å². The standard InChI is InChI=1S/C13H16N4O/c1-17-9-12(8-15-17)16-13(18)7-4-10-2-5-11(14)6-3-10/h2-3,5-6,8-9H,4,7,14H2,1H3,(H,16,18). The largest absolute Gasteiger partial charge is 0.399 e. The second-order valence-corrected chi connectivity index (χ2v) is 4.19. The lowest BCUT2D eigenvalue weighted by molar-refractivity contribution is -0.116. The fourth-order valence-corrected chi connectivity index (χ4v) is 1.65. The van der Waals surface area contributed by atoms with Crippen LogP contribution in [0.15, 0.2) is 36.7 Å². The van der Waals surface area contributed by atoms with Crippen molar-refractivity contribution >= 4 is 17.3 Å². The highest BCUT2D eigenvalue weighted by Gasteiger charge is 2.04. The van der Waals surface area contributed by atoms with E-state index in [-0.39, 0.29) is 5.91 Å². The normalized spacial score (nSPS) is 10.3. The number of aromatic nitrogens is 2. The van der Waals surface area contributed by atoms with Gasteiger partial charge in [-0.1, -0.05) is 12.1 Å². The van der Waals surface area contributed by atoms with E-state index in [1.54, 1.807) is 17.1 Å². The Labute approximate surface area is 106 Å². The van der Waals surface area contributed by atoms with Crippen LogP contribution in [0.25, 0.3) is 0 Å². The summed E-state index contributed by atoms with van der Waals surface area (Å²) in [4.78, 5) is 11.7. The zero-order valence-corrected chi connectivity index (χ0v) is 10.3. The maximum Gasteiger partial charge on any atom is 0.224 e. The summed E-state index contributed by atoms with van der Waals surface area (Å²) in [7, 11) is 1.81. The molecule has 5 heteroatoms. The molecule has 0 radical (unpaired) electrons. The molecule has 0 atom stereocenters. The Morgan fingerprint density at radius 1 is 1.39 bits per heavy atom. The highest BCUT2D eigenvalue weighted by Crippen LogP contribution is 2.09. The van der Waals surface area contributed by atoms with Crippen molar-refractivity contribution in [1.29, 1.82) is 0 Å². The van der Waals surface area contributed by atoms with E-state index in [0.29, 0.717) is 12.8 Å². The molecule has 94 valence electrons. The minimum Gasteiger partial charge on any atom is -0.399 e. The second kappa shape index (κ2) is 5.35. The van der Waals surface area contributed by atoms with Gasteiger partial charge < -0.3 is 11.1 Å². The number of aryl methyl sites for hydroxylation is 2. The van der Waals surface area contributed by atoms with Gasteiger partial charge in [-0.05, 0) is 24.1 Å². The van der Waals surface area contributed by atoms with Crippen LogP contribution in [0.4, 0.5) is 11.4 Å². The number of carbonyl (C=O) groups excluding carboxylic acids is 1. The van der Waals surface area contributed by atoms with Crippen molar-refractivity contribution in [3.63, 3.8) is 0 Å². The Bertz CT molecular complexity index is 530. The van der Waals surface area contributed by atoms with Gasteiger partial charge in [0.2, 0.25) is 5.91 Å². The highest BCUT2D eigenvalue weighted by molar-refractivity contribution is 5.90. The van der Waals surface area contributed by atoms with Gasteiger partial charge in [-0.25, -0.2) is 0 Å². The Hall–Kier alpha value is -2.30. The van der Waals surface area contributed by atoms with Crippen LogP contribution >= 0.6 is 0 Å². The van der Waals surface area contributed by atoms with Crippen molar-refractivity contribution < 1.29 is 4.79 Å². The molecule has 1 amide bonds. The average molecular weight is 244 g/mol. The zero-order chi connectivity index (χ0) is 13.0. The van der Waals surface area contributed by atoms with Gasteiger partial charge in [0.15, 0.2) is 0 Å². The molecule has 0 saturated carbocycles. The maximum absolute atomic E-state index is 11.7. The lowest BCUT2D eigenvalue weighted by Gasteiger charge is -2.03. The Morgan fingerprint density at radius 3 is 2.72 bits per heavy atom. The number of benzene rings is 1. The molecule has 2 aromatic rings. The first-order valence-corrected chi connectivity index (χ1v) is 5.76. The third kappa shape index (κ3) is 3.35. The molecule has 0 bridgehead atoms. The number of amides is 1. The fourth-order valence-electron chi connectivity index (χ4n) is 1.65. The molecule has 1 aromatic carbocycles. The SMILES string of the molecule is Cn1cc(NC(=O)CCc2ccc(N)cc2)cn1. The zero-order valence-electron chi connectivity index (χ0n) is 10.3. The minimum absolute atomic E-state index is 0.0141. The molecule has 0 unspecified atom stereocenters. The van der Waals surface area contributed by atoms with Crippen LogP contribution in [0.3, 0.4) is 0 Å². The number of nitrogens with zero attached hydrogens (tertiary/aromatic N) is 2. The third-order valence-corrected chi connectivity index (χ3v) is 2.61. The smallest absolute Gasteiger partial charge is 0.224 e. The first-order valence-electron chi connectivity index (χ1n) is 5.76. The van der Waals surface area contributed by atoms with Crippen molar-refractivity contribution in [1.82, 2.24) is 9.78 Å². The summed E-state index contributed by atoms with van der Waals surface area (Å²) in [5, 5.41) is 6.78. The topological polar surface area (TPSA) is 72.9 Å². The van der Waals surface area contributed by atoms with Crippen molar-refractivity contribution in [2.75, 3.05) is 11.1 Å². The van der Waals surface area contributed by atoms with Gasteiger partial charge in [0.05, 0.1) is 11.9 Å². The molecule has 1 aromatic heterocycles. The summed E-state index contributed by atoms with van der Waals surface area (Å²) in [6.45, 7) is 0. The third-order valence-electron chi connectivity index (χ3n) is 2.61. The van der Waals surface area contributed by atoms with E-state index in [4.69, 9.17) is 5.73 Å². The molecule has 0 spiro atoms. The number of nitrogens with one attached hydrogen (secondary N) is 1. The Balaban J connectivity index is 1.83. The van der Waals surface area contributed by atoms with E-state index in [9.17, 15) is 4.79 Å². The Morgan fingerprint density at radius 2 is 2.11 bits per heavy atom. The van der Waals surface area contributed by atoms with Crippen molar-refractivity contribution in [3.8, 4) is 0 Å². The number of hydrogen-bond donors (Lipinski definition) is 2. The molecule has 0 fully saturated rings. The van der Waals surface area contributed by atoms with Crippen LogP contribution in [0.1, 0.15) is 12.0 Å². The predicted octanol–water partition coefficient (Wildman–Crippen LogP) is 1.57. The molecule has 3 N–H and O–H groups in total. The van der Waals surface area contributed by atoms with Crippen molar-refractivity contribution in [2.24, 2.45) is 7.05 Å². The summed E-state index contributed by atoms with van der Waals surface area (Å²) in [6, 6.07) is 7.56. The summed E-state index contributed by atoms with van der Waals surface area (Å²) in [6.07, 6.45) is 4.54. The molecule has 5 nitrogen and oxygen atoms in total. The van der Waals surface area contributed by atoms with Gasteiger partial charge in [-0.3, -0.25) is 9.48 Å². The molecular weight excluding hydrogens is 228 g/mol. The summed E-state index contributed by atoms with van der Waals surface area (Å²) >= 11 is 0. The van der Waals surface area contributed by atoms with Crippen LogP contribution in [0.5, 0.6) is 0 Å². The van der Waals surface area contributed by atoms with E-state index in [2.05, 4.69) is 10.4 Å².